The first-order valence-corrected chi connectivity index (χ1v) is 5.42. The van der Waals surface area contributed by atoms with Crippen LogP contribution in [0.4, 0.5) is 5.82 Å². The Hall–Kier alpha value is -2.43. The quantitative estimate of drug-likeness (QED) is 0.841. The maximum Gasteiger partial charge on any atom is 0.256 e. The molecule has 0 aliphatic heterocycles. The first kappa shape index (κ1) is 12.0. The van der Waals surface area contributed by atoms with Crippen molar-refractivity contribution in [3.8, 4) is 0 Å². The summed E-state index contributed by atoms with van der Waals surface area (Å²) in [4.78, 5) is 22.9. The van der Waals surface area contributed by atoms with Gasteiger partial charge in [0.25, 0.3) is 5.91 Å². The van der Waals surface area contributed by atoms with Crippen LogP contribution in [0.1, 0.15) is 33.4 Å². The van der Waals surface area contributed by atoms with Crippen molar-refractivity contribution < 1.29 is 14.1 Å². The Labute approximate surface area is 104 Å². The molecule has 5 nitrogen and oxygen atoms in total. The maximum atomic E-state index is 11.8. The average Bonchev–Trinajstić information content (AvgIpc) is 2.75. The van der Waals surface area contributed by atoms with Gasteiger partial charge in [-0.1, -0.05) is 17.3 Å². The van der Waals surface area contributed by atoms with Crippen LogP contribution in [-0.4, -0.2) is 16.8 Å². The molecule has 0 atom stereocenters. The Balaban J connectivity index is 2.11. The van der Waals surface area contributed by atoms with Crippen LogP contribution in [0.5, 0.6) is 0 Å². The molecule has 92 valence electrons. The lowest BCUT2D eigenvalue weighted by molar-refractivity contribution is 0.100. The molecule has 0 unspecified atom stereocenters. The van der Waals surface area contributed by atoms with Crippen LogP contribution in [0.15, 0.2) is 34.9 Å². The molecule has 0 aliphatic rings. The number of aryl methyl sites for hydroxylation is 1. The highest BCUT2D eigenvalue weighted by atomic mass is 16.5. The number of benzene rings is 1. The highest BCUT2D eigenvalue weighted by Gasteiger charge is 2.09. The zero-order valence-electron chi connectivity index (χ0n) is 10.1. The zero-order chi connectivity index (χ0) is 13.1. The van der Waals surface area contributed by atoms with Gasteiger partial charge in [0.1, 0.15) is 5.76 Å². The van der Waals surface area contributed by atoms with Gasteiger partial charge in [0.05, 0.1) is 0 Å². The normalized spacial score (nSPS) is 10.1. The van der Waals surface area contributed by atoms with Crippen LogP contribution in [0.25, 0.3) is 0 Å². The maximum absolute atomic E-state index is 11.8. The fourth-order valence-corrected chi connectivity index (χ4v) is 1.47. The number of ketones is 1. The Kier molecular flexibility index (Phi) is 3.23. The lowest BCUT2D eigenvalue weighted by Gasteiger charge is -2.02. The molecule has 0 saturated heterocycles. The molecule has 1 amide bonds. The molecule has 0 spiro atoms. The lowest BCUT2D eigenvalue weighted by Crippen LogP contribution is -2.12. The summed E-state index contributed by atoms with van der Waals surface area (Å²) in [6.07, 6.45) is 0. The van der Waals surface area contributed by atoms with Crippen molar-refractivity contribution >= 4 is 17.5 Å². The topological polar surface area (TPSA) is 72.2 Å². The predicted octanol–water partition coefficient (Wildman–Crippen LogP) is 2.44. The number of aromatic nitrogens is 1. The molecule has 1 aromatic heterocycles. The third-order valence-corrected chi connectivity index (χ3v) is 2.42. The number of carbonyl (C=O) groups is 2. The van der Waals surface area contributed by atoms with E-state index < -0.39 is 0 Å². The third kappa shape index (κ3) is 2.63. The van der Waals surface area contributed by atoms with E-state index in [-0.39, 0.29) is 11.7 Å². The molecular formula is C13H12N2O3. The Morgan fingerprint density at radius 2 is 1.78 bits per heavy atom. The van der Waals surface area contributed by atoms with E-state index in [1.54, 1.807) is 37.3 Å². The van der Waals surface area contributed by atoms with Gasteiger partial charge in [0.15, 0.2) is 11.6 Å². The second-order valence-corrected chi connectivity index (χ2v) is 3.91. The second kappa shape index (κ2) is 4.83. The third-order valence-electron chi connectivity index (χ3n) is 2.42. The van der Waals surface area contributed by atoms with Crippen molar-refractivity contribution in [3.05, 3.63) is 47.2 Å². The van der Waals surface area contributed by atoms with Crippen molar-refractivity contribution in [1.82, 2.24) is 5.16 Å². The van der Waals surface area contributed by atoms with E-state index >= 15 is 0 Å². The van der Waals surface area contributed by atoms with Crippen LogP contribution in [0.2, 0.25) is 0 Å². The fraction of sp³-hybridized carbons (Fsp3) is 0.154. The molecule has 0 radical (unpaired) electrons. The molecule has 5 heteroatoms. The minimum atomic E-state index is -0.293. The molecular weight excluding hydrogens is 232 g/mol. The summed E-state index contributed by atoms with van der Waals surface area (Å²) in [5.41, 5.74) is 1.03. The van der Waals surface area contributed by atoms with E-state index in [2.05, 4.69) is 10.5 Å². The van der Waals surface area contributed by atoms with Gasteiger partial charge in [0, 0.05) is 17.2 Å². The number of rotatable bonds is 3. The largest absolute Gasteiger partial charge is 0.360 e. The zero-order valence-corrected chi connectivity index (χ0v) is 10.1. The standard InChI is InChI=1S/C13H12N2O3/c1-8-7-12(15-18-8)14-13(17)11-5-3-10(4-6-11)9(2)16/h3-7H,1-2H3,(H,14,15,17). The van der Waals surface area contributed by atoms with Crippen LogP contribution in [0, 0.1) is 6.92 Å². The Bertz CT molecular complexity index is 585. The summed E-state index contributed by atoms with van der Waals surface area (Å²) in [5.74, 6) is 0.665. The molecule has 1 aromatic carbocycles. The Morgan fingerprint density at radius 3 is 2.28 bits per heavy atom. The average molecular weight is 244 g/mol. The smallest absolute Gasteiger partial charge is 0.256 e. The number of amides is 1. The minimum absolute atomic E-state index is 0.0333. The predicted molar refractivity (Wildman–Crippen MR) is 65.6 cm³/mol. The van der Waals surface area contributed by atoms with Crippen LogP contribution >= 0.6 is 0 Å². The Morgan fingerprint density at radius 1 is 1.17 bits per heavy atom. The van der Waals surface area contributed by atoms with Gasteiger partial charge in [-0.05, 0) is 26.0 Å². The van der Waals surface area contributed by atoms with Crippen LogP contribution < -0.4 is 5.32 Å². The number of nitrogens with one attached hydrogen (secondary N) is 1. The van der Waals surface area contributed by atoms with Crippen LogP contribution in [0.3, 0.4) is 0 Å². The van der Waals surface area contributed by atoms with Crippen molar-refractivity contribution in [1.29, 1.82) is 0 Å². The van der Waals surface area contributed by atoms with Gasteiger partial charge in [-0.15, -0.1) is 0 Å². The van der Waals surface area contributed by atoms with Gasteiger partial charge in [-0.3, -0.25) is 9.59 Å². The molecule has 0 saturated carbocycles. The van der Waals surface area contributed by atoms with E-state index in [0.29, 0.717) is 22.7 Å². The second-order valence-electron chi connectivity index (χ2n) is 3.91. The summed E-state index contributed by atoms with van der Waals surface area (Å²) in [5, 5.41) is 6.26. The fourth-order valence-electron chi connectivity index (χ4n) is 1.47. The first-order chi connectivity index (χ1) is 8.56. The summed E-state index contributed by atoms with van der Waals surface area (Å²) >= 11 is 0. The highest BCUT2D eigenvalue weighted by molar-refractivity contribution is 6.04. The first-order valence-electron chi connectivity index (χ1n) is 5.42. The van der Waals surface area contributed by atoms with Crippen LogP contribution in [-0.2, 0) is 0 Å². The highest BCUT2D eigenvalue weighted by Crippen LogP contribution is 2.10. The van der Waals surface area contributed by atoms with Gasteiger partial charge in [0.2, 0.25) is 0 Å². The van der Waals surface area contributed by atoms with Gasteiger partial charge in [-0.25, -0.2) is 0 Å². The minimum Gasteiger partial charge on any atom is -0.360 e. The molecule has 0 bridgehead atoms. The molecule has 2 aromatic rings. The molecule has 0 aliphatic carbocycles. The monoisotopic (exact) mass is 244 g/mol. The number of Topliss-reactive ketones (excluding diaryl/α,β-unsaturated/α-hetero) is 1. The molecule has 0 fully saturated rings. The van der Waals surface area contributed by atoms with Crippen molar-refractivity contribution in [2.45, 2.75) is 13.8 Å². The summed E-state index contributed by atoms with van der Waals surface area (Å²) in [7, 11) is 0. The molecule has 1 N–H and O–H groups in total. The van der Waals surface area contributed by atoms with E-state index in [1.165, 1.54) is 6.92 Å². The van der Waals surface area contributed by atoms with Gasteiger partial charge in [-0.2, -0.15) is 0 Å². The van der Waals surface area contributed by atoms with Crippen molar-refractivity contribution in [2.75, 3.05) is 5.32 Å². The van der Waals surface area contributed by atoms with Gasteiger partial charge >= 0.3 is 0 Å². The van der Waals surface area contributed by atoms with Crippen molar-refractivity contribution in [2.24, 2.45) is 0 Å². The van der Waals surface area contributed by atoms with Crippen molar-refractivity contribution in [3.63, 3.8) is 0 Å². The summed E-state index contributed by atoms with van der Waals surface area (Å²) in [6, 6.07) is 8.05. The number of anilines is 1. The number of hydrogen-bond acceptors (Lipinski definition) is 4. The molecule has 1 heterocycles. The van der Waals surface area contributed by atoms with E-state index in [1.807, 2.05) is 0 Å². The molecule has 2 rings (SSSR count). The SMILES string of the molecule is CC(=O)c1ccc(C(=O)Nc2cc(C)on2)cc1. The van der Waals surface area contributed by atoms with E-state index in [9.17, 15) is 9.59 Å². The van der Waals surface area contributed by atoms with E-state index in [0.717, 1.165) is 0 Å². The number of carbonyl (C=O) groups excluding carboxylic acids is 2. The number of hydrogen-bond donors (Lipinski definition) is 1. The number of nitrogens with zero attached hydrogens (tertiary/aromatic N) is 1. The molecule has 18 heavy (non-hydrogen) atoms. The summed E-state index contributed by atoms with van der Waals surface area (Å²) in [6.45, 7) is 3.22. The van der Waals surface area contributed by atoms with Gasteiger partial charge < -0.3 is 9.84 Å². The lowest BCUT2D eigenvalue weighted by atomic mass is 10.1. The summed E-state index contributed by atoms with van der Waals surface area (Å²) < 4.78 is 4.84. The van der Waals surface area contributed by atoms with E-state index in [4.69, 9.17) is 4.52 Å².